The summed E-state index contributed by atoms with van der Waals surface area (Å²) < 4.78 is 0. The number of rotatable bonds is 4. The second-order valence-electron chi connectivity index (χ2n) is 5.08. The Balaban J connectivity index is 1.98. The molecule has 0 saturated heterocycles. The highest BCUT2D eigenvalue weighted by molar-refractivity contribution is 6.36. The number of nitrogens with one attached hydrogen (secondary N) is 1. The van der Waals surface area contributed by atoms with Crippen molar-refractivity contribution in [3.63, 3.8) is 0 Å². The van der Waals surface area contributed by atoms with Crippen LogP contribution in [0.4, 0.5) is 0 Å². The molecule has 2 aromatic rings. The summed E-state index contributed by atoms with van der Waals surface area (Å²) in [4.78, 5) is 0. The van der Waals surface area contributed by atoms with Crippen LogP contribution < -0.4 is 5.32 Å². The molecule has 1 saturated carbocycles. The van der Waals surface area contributed by atoms with Crippen LogP contribution in [-0.4, -0.2) is 6.04 Å². The van der Waals surface area contributed by atoms with Crippen molar-refractivity contribution in [2.75, 3.05) is 0 Å². The van der Waals surface area contributed by atoms with Gasteiger partial charge in [0.05, 0.1) is 0 Å². The number of hydrogen-bond donors (Lipinski definition) is 1. The lowest BCUT2D eigenvalue weighted by atomic mass is 9.99. The van der Waals surface area contributed by atoms with Gasteiger partial charge < -0.3 is 5.32 Å². The highest BCUT2D eigenvalue weighted by Gasteiger charge is 2.20. The lowest BCUT2D eigenvalue weighted by Crippen LogP contribution is -2.15. The van der Waals surface area contributed by atoms with E-state index in [1.807, 2.05) is 24.3 Å². The minimum atomic E-state index is 0.637. The van der Waals surface area contributed by atoms with E-state index in [0.717, 1.165) is 17.7 Å². The molecule has 3 rings (SSSR count). The summed E-state index contributed by atoms with van der Waals surface area (Å²) in [6, 6.07) is 12.1. The lowest BCUT2D eigenvalue weighted by molar-refractivity contribution is 0.689. The smallest absolute Gasteiger partial charge is 0.0499 e. The minimum absolute atomic E-state index is 0.637. The van der Waals surface area contributed by atoms with E-state index in [2.05, 4.69) is 11.4 Å². The molecule has 2 aromatic carbocycles. The van der Waals surface area contributed by atoms with Gasteiger partial charge in [-0.3, -0.25) is 0 Å². The van der Waals surface area contributed by atoms with E-state index >= 15 is 0 Å². The molecule has 1 aliphatic rings. The molecule has 0 bridgehead atoms. The third kappa shape index (κ3) is 3.29. The first kappa shape index (κ1) is 14.2. The SMILES string of the molecule is Clc1ccc(-c2cc(Cl)ccc2CNC2CC2)c(Cl)c1. The predicted octanol–water partition coefficient (Wildman–Crippen LogP) is 5.57. The third-order valence-corrected chi connectivity index (χ3v) is 4.23. The van der Waals surface area contributed by atoms with Crippen molar-refractivity contribution < 1.29 is 0 Å². The quantitative estimate of drug-likeness (QED) is 0.775. The van der Waals surface area contributed by atoms with E-state index < -0.39 is 0 Å². The van der Waals surface area contributed by atoms with Gasteiger partial charge >= 0.3 is 0 Å². The maximum absolute atomic E-state index is 6.32. The Bertz CT molecular complexity index is 636. The molecule has 0 unspecified atom stereocenters. The summed E-state index contributed by atoms with van der Waals surface area (Å²) in [5.74, 6) is 0. The summed E-state index contributed by atoms with van der Waals surface area (Å²) in [5.41, 5.74) is 3.23. The van der Waals surface area contributed by atoms with Crippen LogP contribution in [0.2, 0.25) is 15.1 Å². The Hall–Kier alpha value is -0.730. The van der Waals surface area contributed by atoms with Crippen LogP contribution in [0.5, 0.6) is 0 Å². The number of benzene rings is 2. The molecule has 0 radical (unpaired) electrons. The fourth-order valence-electron chi connectivity index (χ4n) is 2.20. The van der Waals surface area contributed by atoms with Gasteiger partial charge in [0.25, 0.3) is 0 Å². The monoisotopic (exact) mass is 325 g/mol. The van der Waals surface area contributed by atoms with Crippen molar-refractivity contribution in [1.82, 2.24) is 5.32 Å². The summed E-state index contributed by atoms with van der Waals surface area (Å²) in [6.07, 6.45) is 2.54. The van der Waals surface area contributed by atoms with E-state index in [4.69, 9.17) is 34.8 Å². The van der Waals surface area contributed by atoms with Crippen molar-refractivity contribution in [1.29, 1.82) is 0 Å². The first-order valence-corrected chi connectivity index (χ1v) is 7.74. The molecule has 1 nitrogen and oxygen atoms in total. The van der Waals surface area contributed by atoms with Crippen LogP contribution >= 0.6 is 34.8 Å². The van der Waals surface area contributed by atoms with Gasteiger partial charge in [-0.15, -0.1) is 0 Å². The topological polar surface area (TPSA) is 12.0 Å². The lowest BCUT2D eigenvalue weighted by Gasteiger charge is -2.13. The fourth-order valence-corrected chi connectivity index (χ4v) is 2.89. The first-order valence-electron chi connectivity index (χ1n) is 6.61. The van der Waals surface area contributed by atoms with Crippen LogP contribution in [0.3, 0.4) is 0 Å². The van der Waals surface area contributed by atoms with Crippen LogP contribution in [0.1, 0.15) is 18.4 Å². The van der Waals surface area contributed by atoms with Gasteiger partial charge in [0.15, 0.2) is 0 Å². The molecular weight excluding hydrogens is 313 g/mol. The van der Waals surface area contributed by atoms with Crippen LogP contribution in [0.15, 0.2) is 36.4 Å². The molecule has 0 spiro atoms. The van der Waals surface area contributed by atoms with E-state index in [0.29, 0.717) is 21.1 Å². The summed E-state index contributed by atoms with van der Waals surface area (Å²) >= 11 is 18.4. The third-order valence-electron chi connectivity index (χ3n) is 3.45. The Kier molecular flexibility index (Phi) is 4.23. The van der Waals surface area contributed by atoms with Gasteiger partial charge in [-0.1, -0.05) is 46.9 Å². The Morgan fingerprint density at radius 3 is 2.30 bits per heavy atom. The average molecular weight is 327 g/mol. The largest absolute Gasteiger partial charge is 0.310 e. The highest BCUT2D eigenvalue weighted by atomic mass is 35.5. The molecule has 1 N–H and O–H groups in total. The van der Waals surface area contributed by atoms with Gasteiger partial charge in [-0.2, -0.15) is 0 Å². The molecule has 20 heavy (non-hydrogen) atoms. The van der Waals surface area contributed by atoms with Crippen LogP contribution in [0, 0.1) is 0 Å². The van der Waals surface area contributed by atoms with Crippen molar-refractivity contribution in [3.05, 3.63) is 57.0 Å². The maximum Gasteiger partial charge on any atom is 0.0499 e. The van der Waals surface area contributed by atoms with Crippen LogP contribution in [0.25, 0.3) is 11.1 Å². The zero-order valence-corrected chi connectivity index (χ0v) is 13.1. The Morgan fingerprint density at radius 1 is 0.900 bits per heavy atom. The van der Waals surface area contributed by atoms with E-state index in [1.54, 1.807) is 6.07 Å². The number of hydrogen-bond acceptors (Lipinski definition) is 1. The van der Waals surface area contributed by atoms with Gasteiger partial charge in [0.1, 0.15) is 0 Å². The molecule has 1 aliphatic carbocycles. The molecule has 4 heteroatoms. The molecule has 0 amide bonds. The molecule has 0 atom stereocenters. The van der Waals surface area contributed by atoms with Crippen molar-refractivity contribution >= 4 is 34.8 Å². The van der Waals surface area contributed by atoms with Crippen LogP contribution in [-0.2, 0) is 6.54 Å². The second kappa shape index (κ2) is 5.95. The Labute approximate surface area is 133 Å². The van der Waals surface area contributed by atoms with E-state index in [1.165, 1.54) is 18.4 Å². The van der Waals surface area contributed by atoms with E-state index in [9.17, 15) is 0 Å². The highest BCUT2D eigenvalue weighted by Crippen LogP contribution is 2.34. The standard InChI is InChI=1S/C16H14Cl3N/c17-11-2-1-10(9-20-13-4-5-13)15(7-11)14-6-3-12(18)8-16(14)19/h1-3,6-8,13,20H,4-5,9H2. The van der Waals surface area contributed by atoms with Gasteiger partial charge in [0, 0.05) is 33.2 Å². The van der Waals surface area contributed by atoms with Crippen molar-refractivity contribution in [2.24, 2.45) is 0 Å². The average Bonchev–Trinajstić information content (AvgIpc) is 3.21. The number of halogens is 3. The molecule has 104 valence electrons. The van der Waals surface area contributed by atoms with E-state index in [-0.39, 0.29) is 0 Å². The fraction of sp³-hybridized carbons (Fsp3) is 0.250. The van der Waals surface area contributed by atoms with Gasteiger partial charge in [0.2, 0.25) is 0 Å². The summed E-state index contributed by atoms with van der Waals surface area (Å²) in [6.45, 7) is 0.829. The molecule has 1 fully saturated rings. The first-order chi connectivity index (χ1) is 9.63. The van der Waals surface area contributed by atoms with Crippen molar-refractivity contribution in [2.45, 2.75) is 25.4 Å². The molecule has 0 aromatic heterocycles. The second-order valence-corrected chi connectivity index (χ2v) is 6.36. The molecule has 0 aliphatic heterocycles. The molecule has 0 heterocycles. The zero-order chi connectivity index (χ0) is 14.1. The maximum atomic E-state index is 6.32. The van der Waals surface area contributed by atoms with Crippen molar-refractivity contribution in [3.8, 4) is 11.1 Å². The van der Waals surface area contributed by atoms with Gasteiger partial charge in [-0.05, 0) is 48.2 Å². The van der Waals surface area contributed by atoms with Gasteiger partial charge in [-0.25, -0.2) is 0 Å². The normalized spacial score (nSPS) is 14.6. The summed E-state index contributed by atoms with van der Waals surface area (Å²) in [7, 11) is 0. The molecular formula is C16H14Cl3N. The predicted molar refractivity (Wildman–Crippen MR) is 86.8 cm³/mol. The summed E-state index contributed by atoms with van der Waals surface area (Å²) in [5, 5.41) is 5.51. The minimum Gasteiger partial charge on any atom is -0.310 e. The Morgan fingerprint density at radius 2 is 1.60 bits per heavy atom. The zero-order valence-electron chi connectivity index (χ0n) is 10.8.